The van der Waals surface area contributed by atoms with E-state index in [1.165, 1.54) is 5.56 Å². The van der Waals surface area contributed by atoms with E-state index in [1.807, 2.05) is 57.6 Å². The summed E-state index contributed by atoms with van der Waals surface area (Å²) in [5.41, 5.74) is 6.45. The Labute approximate surface area is 126 Å². The average molecular weight is 285 g/mol. The molecule has 0 bridgehead atoms. The van der Waals surface area contributed by atoms with Gasteiger partial charge in [0.2, 0.25) is 5.91 Å². The fraction of sp³-hybridized carbons (Fsp3) is 0.412. The highest BCUT2D eigenvalue weighted by molar-refractivity contribution is 5.91. The summed E-state index contributed by atoms with van der Waals surface area (Å²) >= 11 is 0. The van der Waals surface area contributed by atoms with E-state index < -0.39 is 0 Å². The zero-order chi connectivity index (χ0) is 15.6. The van der Waals surface area contributed by atoms with Crippen LogP contribution in [0.2, 0.25) is 0 Å². The van der Waals surface area contributed by atoms with Crippen molar-refractivity contribution in [2.24, 2.45) is 7.05 Å². The van der Waals surface area contributed by atoms with Crippen molar-refractivity contribution in [2.75, 3.05) is 5.32 Å². The number of nitrogens with one attached hydrogen (secondary N) is 1. The molecule has 4 heteroatoms. The van der Waals surface area contributed by atoms with E-state index in [1.54, 1.807) is 0 Å². The summed E-state index contributed by atoms with van der Waals surface area (Å²) < 4.78 is 1.87. The molecule has 1 aromatic heterocycles. The molecule has 0 spiro atoms. The second-order valence-electron chi connectivity index (χ2n) is 5.64. The van der Waals surface area contributed by atoms with Gasteiger partial charge in [0, 0.05) is 24.8 Å². The Kier molecular flexibility index (Phi) is 4.46. The van der Waals surface area contributed by atoms with Crippen molar-refractivity contribution in [2.45, 2.75) is 40.5 Å². The van der Waals surface area contributed by atoms with Gasteiger partial charge in [0.1, 0.15) is 0 Å². The molecule has 0 fully saturated rings. The van der Waals surface area contributed by atoms with E-state index in [-0.39, 0.29) is 5.91 Å². The van der Waals surface area contributed by atoms with Crippen LogP contribution >= 0.6 is 0 Å². The molecule has 0 aliphatic rings. The zero-order valence-corrected chi connectivity index (χ0v) is 13.4. The highest BCUT2D eigenvalue weighted by Crippen LogP contribution is 2.18. The molecule has 2 aromatic rings. The van der Waals surface area contributed by atoms with Crippen molar-refractivity contribution in [3.05, 3.63) is 46.3 Å². The monoisotopic (exact) mass is 285 g/mol. The molecule has 112 valence electrons. The molecule has 21 heavy (non-hydrogen) atoms. The Balaban J connectivity index is 2.01. The van der Waals surface area contributed by atoms with Crippen LogP contribution in [0.4, 0.5) is 5.69 Å². The van der Waals surface area contributed by atoms with Gasteiger partial charge >= 0.3 is 0 Å². The first kappa shape index (κ1) is 15.3. The molecule has 1 N–H and O–H groups in total. The van der Waals surface area contributed by atoms with Gasteiger partial charge in [-0.2, -0.15) is 5.10 Å². The normalized spacial score (nSPS) is 10.7. The van der Waals surface area contributed by atoms with Crippen LogP contribution in [0.15, 0.2) is 18.2 Å². The molecule has 0 aliphatic heterocycles. The number of nitrogens with zero attached hydrogens (tertiary/aromatic N) is 2. The Morgan fingerprint density at radius 2 is 1.95 bits per heavy atom. The van der Waals surface area contributed by atoms with E-state index in [9.17, 15) is 4.79 Å². The maximum Gasteiger partial charge on any atom is 0.224 e. The van der Waals surface area contributed by atoms with Gasteiger partial charge in [0.15, 0.2) is 0 Å². The third kappa shape index (κ3) is 3.51. The summed E-state index contributed by atoms with van der Waals surface area (Å²) in [6, 6.07) is 6.08. The van der Waals surface area contributed by atoms with E-state index in [2.05, 4.69) is 10.4 Å². The van der Waals surface area contributed by atoms with Crippen molar-refractivity contribution in [3.63, 3.8) is 0 Å². The first-order valence-electron chi connectivity index (χ1n) is 7.24. The highest BCUT2D eigenvalue weighted by Gasteiger charge is 2.12. The lowest BCUT2D eigenvalue weighted by Crippen LogP contribution is -2.13. The Hall–Kier alpha value is -2.10. The van der Waals surface area contributed by atoms with Crippen LogP contribution < -0.4 is 5.32 Å². The molecule has 0 saturated carbocycles. The molecule has 1 aromatic carbocycles. The summed E-state index contributed by atoms with van der Waals surface area (Å²) in [7, 11) is 1.93. The molecule has 0 atom stereocenters. The number of amides is 1. The lowest BCUT2D eigenvalue weighted by molar-refractivity contribution is -0.116. The number of rotatable bonds is 4. The summed E-state index contributed by atoms with van der Waals surface area (Å²) in [5.74, 6) is 0.0475. The number of carbonyl (C=O) groups is 1. The van der Waals surface area contributed by atoms with Gasteiger partial charge < -0.3 is 5.32 Å². The molecule has 4 nitrogen and oxygen atoms in total. The van der Waals surface area contributed by atoms with Crippen LogP contribution in [0.3, 0.4) is 0 Å². The van der Waals surface area contributed by atoms with Gasteiger partial charge in [-0.05, 0) is 56.9 Å². The van der Waals surface area contributed by atoms with Crippen molar-refractivity contribution in [3.8, 4) is 0 Å². The van der Waals surface area contributed by atoms with Crippen molar-refractivity contribution in [1.82, 2.24) is 9.78 Å². The summed E-state index contributed by atoms with van der Waals surface area (Å²) in [5, 5.41) is 7.38. The van der Waals surface area contributed by atoms with Crippen LogP contribution in [-0.4, -0.2) is 15.7 Å². The summed E-state index contributed by atoms with van der Waals surface area (Å²) in [6.45, 7) is 8.06. The van der Waals surface area contributed by atoms with Gasteiger partial charge in [0.05, 0.1) is 5.69 Å². The third-order valence-corrected chi connectivity index (χ3v) is 3.93. The van der Waals surface area contributed by atoms with Gasteiger partial charge in [-0.25, -0.2) is 0 Å². The topological polar surface area (TPSA) is 46.9 Å². The van der Waals surface area contributed by atoms with E-state index in [4.69, 9.17) is 0 Å². The molecule has 1 amide bonds. The molecule has 2 rings (SSSR count). The molecule has 0 radical (unpaired) electrons. The van der Waals surface area contributed by atoms with Crippen molar-refractivity contribution >= 4 is 11.6 Å². The summed E-state index contributed by atoms with van der Waals surface area (Å²) in [6.07, 6.45) is 1.20. The SMILES string of the molecule is Cc1ccc(C)c(NC(=O)CCc2c(C)nn(C)c2C)c1. The predicted molar refractivity (Wildman–Crippen MR) is 85.5 cm³/mol. The first-order valence-corrected chi connectivity index (χ1v) is 7.24. The van der Waals surface area contributed by atoms with Crippen LogP contribution in [0.1, 0.15) is 34.5 Å². The number of anilines is 1. The lowest BCUT2D eigenvalue weighted by atomic mass is 10.1. The van der Waals surface area contributed by atoms with Crippen LogP contribution in [0.25, 0.3) is 0 Å². The maximum absolute atomic E-state index is 12.1. The largest absolute Gasteiger partial charge is 0.326 e. The number of aromatic nitrogens is 2. The Morgan fingerprint density at radius 1 is 1.24 bits per heavy atom. The summed E-state index contributed by atoms with van der Waals surface area (Å²) in [4.78, 5) is 12.1. The molecular weight excluding hydrogens is 262 g/mol. The minimum atomic E-state index is 0.0475. The number of hydrogen-bond donors (Lipinski definition) is 1. The van der Waals surface area contributed by atoms with Crippen LogP contribution in [-0.2, 0) is 18.3 Å². The average Bonchev–Trinajstić information content (AvgIpc) is 2.66. The zero-order valence-electron chi connectivity index (χ0n) is 13.4. The van der Waals surface area contributed by atoms with Crippen molar-refractivity contribution in [1.29, 1.82) is 0 Å². The van der Waals surface area contributed by atoms with E-state index in [0.717, 1.165) is 34.6 Å². The second kappa shape index (κ2) is 6.12. The highest BCUT2D eigenvalue weighted by atomic mass is 16.1. The molecule has 1 heterocycles. The standard InChI is InChI=1S/C17H23N3O/c1-11-6-7-12(2)16(10-11)18-17(21)9-8-15-13(3)19-20(5)14(15)4/h6-7,10H,8-9H2,1-5H3,(H,18,21). The van der Waals surface area contributed by atoms with E-state index in [0.29, 0.717) is 6.42 Å². The minimum Gasteiger partial charge on any atom is -0.326 e. The lowest BCUT2D eigenvalue weighted by Gasteiger charge is -2.09. The number of benzene rings is 1. The first-order chi connectivity index (χ1) is 9.88. The maximum atomic E-state index is 12.1. The quantitative estimate of drug-likeness (QED) is 0.937. The van der Waals surface area contributed by atoms with Crippen LogP contribution in [0.5, 0.6) is 0 Å². The van der Waals surface area contributed by atoms with Crippen LogP contribution in [0, 0.1) is 27.7 Å². The van der Waals surface area contributed by atoms with Crippen molar-refractivity contribution < 1.29 is 4.79 Å². The smallest absolute Gasteiger partial charge is 0.224 e. The number of hydrogen-bond acceptors (Lipinski definition) is 2. The minimum absolute atomic E-state index is 0.0475. The number of carbonyl (C=O) groups excluding carboxylic acids is 1. The molecular formula is C17H23N3O. The Morgan fingerprint density at radius 3 is 2.57 bits per heavy atom. The second-order valence-corrected chi connectivity index (χ2v) is 5.64. The van der Waals surface area contributed by atoms with Gasteiger partial charge in [0.25, 0.3) is 0 Å². The fourth-order valence-corrected chi connectivity index (χ4v) is 2.50. The van der Waals surface area contributed by atoms with Gasteiger partial charge in [-0.3, -0.25) is 9.48 Å². The third-order valence-electron chi connectivity index (χ3n) is 3.93. The van der Waals surface area contributed by atoms with E-state index >= 15 is 0 Å². The fourth-order valence-electron chi connectivity index (χ4n) is 2.50. The molecule has 0 unspecified atom stereocenters. The van der Waals surface area contributed by atoms with Gasteiger partial charge in [-0.15, -0.1) is 0 Å². The predicted octanol–water partition coefficient (Wildman–Crippen LogP) is 3.23. The number of aryl methyl sites for hydroxylation is 4. The van der Waals surface area contributed by atoms with Gasteiger partial charge in [-0.1, -0.05) is 12.1 Å². The molecule has 0 aliphatic carbocycles. The molecule has 0 saturated heterocycles. The Bertz CT molecular complexity index is 671.